The van der Waals surface area contributed by atoms with E-state index in [1.54, 1.807) is 6.20 Å². The summed E-state index contributed by atoms with van der Waals surface area (Å²) < 4.78 is 1.94. The predicted molar refractivity (Wildman–Crippen MR) is 76.3 cm³/mol. The minimum absolute atomic E-state index is 0.0867. The molecule has 20 heavy (non-hydrogen) atoms. The molecule has 0 bridgehead atoms. The number of nitrogens with one attached hydrogen (secondary N) is 1. The molecule has 1 atom stereocenters. The van der Waals surface area contributed by atoms with E-state index in [-0.39, 0.29) is 6.04 Å². The standard InChI is InChI=1S/C14H23N5O/c20-14(18-9-5-15-6-10-18)13-3-1-7-17(13)11-12-19-8-2-4-16-19/h2,4,8,13,15H,1,3,5-7,9-12H2. The normalized spacial score (nSPS) is 24.2. The van der Waals surface area contributed by atoms with Crippen LogP contribution in [0.4, 0.5) is 0 Å². The van der Waals surface area contributed by atoms with Gasteiger partial charge in [-0.05, 0) is 25.5 Å². The Balaban J connectivity index is 1.55. The molecule has 6 heteroatoms. The molecule has 0 spiro atoms. The molecule has 1 N–H and O–H groups in total. The third-order valence-electron chi connectivity index (χ3n) is 4.25. The highest BCUT2D eigenvalue weighted by molar-refractivity contribution is 5.82. The van der Waals surface area contributed by atoms with E-state index in [0.29, 0.717) is 5.91 Å². The first kappa shape index (κ1) is 13.6. The van der Waals surface area contributed by atoms with Gasteiger partial charge in [0.1, 0.15) is 0 Å². The Morgan fingerprint density at radius 1 is 1.25 bits per heavy atom. The first-order valence-electron chi connectivity index (χ1n) is 7.55. The Labute approximate surface area is 119 Å². The van der Waals surface area contributed by atoms with Crippen molar-refractivity contribution in [1.82, 2.24) is 24.9 Å². The number of piperazine rings is 1. The summed E-state index contributed by atoms with van der Waals surface area (Å²) in [4.78, 5) is 17.0. The van der Waals surface area contributed by atoms with Crippen LogP contribution in [0.5, 0.6) is 0 Å². The van der Waals surface area contributed by atoms with Crippen molar-refractivity contribution in [1.29, 1.82) is 0 Å². The topological polar surface area (TPSA) is 53.4 Å². The van der Waals surface area contributed by atoms with Crippen LogP contribution in [0.3, 0.4) is 0 Å². The smallest absolute Gasteiger partial charge is 0.240 e. The van der Waals surface area contributed by atoms with Crippen molar-refractivity contribution in [3.8, 4) is 0 Å². The van der Waals surface area contributed by atoms with Crippen LogP contribution in [-0.4, -0.2) is 70.8 Å². The lowest BCUT2D eigenvalue weighted by Crippen LogP contribution is -2.52. The Kier molecular flexibility index (Phi) is 4.32. The molecule has 0 saturated carbocycles. The van der Waals surface area contributed by atoms with Crippen molar-refractivity contribution in [3.63, 3.8) is 0 Å². The lowest BCUT2D eigenvalue weighted by molar-refractivity contribution is -0.136. The van der Waals surface area contributed by atoms with Gasteiger partial charge in [0, 0.05) is 45.1 Å². The zero-order chi connectivity index (χ0) is 13.8. The molecule has 110 valence electrons. The van der Waals surface area contributed by atoms with Gasteiger partial charge in [-0.15, -0.1) is 0 Å². The highest BCUT2D eigenvalue weighted by Crippen LogP contribution is 2.19. The Hall–Kier alpha value is -1.40. The molecule has 1 aromatic rings. The van der Waals surface area contributed by atoms with Crippen molar-refractivity contribution >= 4 is 5.91 Å². The van der Waals surface area contributed by atoms with Gasteiger partial charge in [-0.1, -0.05) is 0 Å². The molecule has 1 unspecified atom stereocenters. The highest BCUT2D eigenvalue weighted by Gasteiger charge is 2.33. The van der Waals surface area contributed by atoms with E-state index < -0.39 is 0 Å². The summed E-state index contributed by atoms with van der Waals surface area (Å²) in [6.45, 7) is 6.34. The van der Waals surface area contributed by atoms with Gasteiger partial charge < -0.3 is 10.2 Å². The fourth-order valence-electron chi connectivity index (χ4n) is 3.13. The monoisotopic (exact) mass is 277 g/mol. The van der Waals surface area contributed by atoms with Gasteiger partial charge >= 0.3 is 0 Å². The third kappa shape index (κ3) is 3.02. The van der Waals surface area contributed by atoms with E-state index in [2.05, 4.69) is 15.3 Å². The van der Waals surface area contributed by atoms with Gasteiger partial charge in [-0.2, -0.15) is 5.10 Å². The van der Waals surface area contributed by atoms with Crippen LogP contribution in [0, 0.1) is 0 Å². The maximum Gasteiger partial charge on any atom is 0.240 e. The minimum atomic E-state index is 0.0867. The van der Waals surface area contributed by atoms with Crippen molar-refractivity contribution < 1.29 is 4.79 Å². The number of likely N-dealkylation sites (tertiary alicyclic amines) is 1. The number of carbonyl (C=O) groups is 1. The number of rotatable bonds is 4. The third-order valence-corrected chi connectivity index (χ3v) is 4.25. The summed E-state index contributed by atoms with van der Waals surface area (Å²) in [7, 11) is 0. The molecule has 0 aliphatic carbocycles. The van der Waals surface area contributed by atoms with Crippen LogP contribution in [0.1, 0.15) is 12.8 Å². The Bertz CT molecular complexity index is 427. The zero-order valence-electron chi connectivity index (χ0n) is 11.9. The van der Waals surface area contributed by atoms with E-state index in [0.717, 1.165) is 58.7 Å². The average molecular weight is 277 g/mol. The van der Waals surface area contributed by atoms with Gasteiger partial charge in [-0.3, -0.25) is 14.4 Å². The van der Waals surface area contributed by atoms with E-state index >= 15 is 0 Å². The van der Waals surface area contributed by atoms with Crippen LogP contribution in [0.2, 0.25) is 0 Å². The molecule has 1 aromatic heterocycles. The number of hydrogen-bond acceptors (Lipinski definition) is 4. The van der Waals surface area contributed by atoms with E-state index in [9.17, 15) is 4.79 Å². The van der Waals surface area contributed by atoms with Gasteiger partial charge in [0.15, 0.2) is 0 Å². The summed E-state index contributed by atoms with van der Waals surface area (Å²) in [5.41, 5.74) is 0. The summed E-state index contributed by atoms with van der Waals surface area (Å²) in [5, 5.41) is 7.52. The SMILES string of the molecule is O=C(C1CCCN1CCn1cccn1)N1CCNCC1. The van der Waals surface area contributed by atoms with E-state index in [1.165, 1.54) is 0 Å². The van der Waals surface area contributed by atoms with Crippen LogP contribution >= 0.6 is 0 Å². The summed E-state index contributed by atoms with van der Waals surface area (Å²) in [6.07, 6.45) is 5.90. The van der Waals surface area contributed by atoms with Crippen molar-refractivity contribution in [2.24, 2.45) is 0 Å². The Morgan fingerprint density at radius 2 is 2.10 bits per heavy atom. The second-order valence-electron chi connectivity index (χ2n) is 5.54. The van der Waals surface area contributed by atoms with Crippen molar-refractivity contribution in [2.45, 2.75) is 25.4 Å². The summed E-state index contributed by atoms with van der Waals surface area (Å²) in [5.74, 6) is 0.324. The molecule has 3 heterocycles. The lowest BCUT2D eigenvalue weighted by Gasteiger charge is -2.32. The number of nitrogens with zero attached hydrogens (tertiary/aromatic N) is 4. The fourth-order valence-corrected chi connectivity index (χ4v) is 3.13. The molecule has 1 amide bonds. The van der Waals surface area contributed by atoms with Crippen molar-refractivity contribution in [3.05, 3.63) is 18.5 Å². The minimum Gasteiger partial charge on any atom is -0.339 e. The molecule has 6 nitrogen and oxygen atoms in total. The maximum atomic E-state index is 12.6. The molecule has 2 aliphatic heterocycles. The van der Waals surface area contributed by atoms with E-state index in [1.807, 2.05) is 21.8 Å². The average Bonchev–Trinajstić information content (AvgIpc) is 3.16. The molecule has 2 fully saturated rings. The van der Waals surface area contributed by atoms with Gasteiger partial charge in [0.05, 0.1) is 12.6 Å². The zero-order valence-corrected chi connectivity index (χ0v) is 11.9. The van der Waals surface area contributed by atoms with Crippen LogP contribution < -0.4 is 5.32 Å². The van der Waals surface area contributed by atoms with Gasteiger partial charge in [0.25, 0.3) is 0 Å². The first-order chi connectivity index (χ1) is 9.84. The molecule has 2 aliphatic rings. The Morgan fingerprint density at radius 3 is 2.85 bits per heavy atom. The van der Waals surface area contributed by atoms with Crippen LogP contribution in [0.25, 0.3) is 0 Å². The molecule has 0 aromatic carbocycles. The molecular formula is C14H23N5O. The van der Waals surface area contributed by atoms with E-state index in [4.69, 9.17) is 0 Å². The quantitative estimate of drug-likeness (QED) is 0.827. The van der Waals surface area contributed by atoms with Crippen LogP contribution in [-0.2, 0) is 11.3 Å². The number of hydrogen-bond donors (Lipinski definition) is 1. The highest BCUT2D eigenvalue weighted by atomic mass is 16.2. The second-order valence-corrected chi connectivity index (χ2v) is 5.54. The molecule has 3 rings (SSSR count). The maximum absolute atomic E-state index is 12.6. The summed E-state index contributed by atoms with van der Waals surface area (Å²) >= 11 is 0. The molecular weight excluding hydrogens is 254 g/mol. The predicted octanol–water partition coefficient (Wildman–Crippen LogP) is -0.221. The number of carbonyl (C=O) groups excluding carboxylic acids is 1. The fraction of sp³-hybridized carbons (Fsp3) is 0.714. The molecule has 2 saturated heterocycles. The van der Waals surface area contributed by atoms with Gasteiger partial charge in [0.2, 0.25) is 5.91 Å². The largest absolute Gasteiger partial charge is 0.339 e. The molecule has 0 radical (unpaired) electrons. The number of aromatic nitrogens is 2. The van der Waals surface area contributed by atoms with Crippen molar-refractivity contribution in [2.75, 3.05) is 39.3 Å². The first-order valence-corrected chi connectivity index (χ1v) is 7.55. The second kappa shape index (κ2) is 6.37. The summed E-state index contributed by atoms with van der Waals surface area (Å²) in [6, 6.07) is 2.02. The number of amides is 1. The van der Waals surface area contributed by atoms with Crippen LogP contribution in [0.15, 0.2) is 18.5 Å². The lowest BCUT2D eigenvalue weighted by atomic mass is 10.1. The van der Waals surface area contributed by atoms with Gasteiger partial charge in [-0.25, -0.2) is 0 Å².